The number of imidazole rings is 2. The van der Waals surface area contributed by atoms with E-state index in [1.165, 1.54) is 141 Å². The van der Waals surface area contributed by atoms with Gasteiger partial charge in [0.05, 0.1) is 59.8 Å². The quantitative estimate of drug-likeness (QED) is 0.206. The first-order valence-electron chi connectivity index (χ1n) is 21.6. The third-order valence-corrected chi connectivity index (χ3v) is 15.5. The molecule has 0 N–H and O–H groups in total. The average molecular weight is 757 g/mol. The first-order chi connectivity index (χ1) is 26.6. The molecular weight excluding hydrogens is 693 g/mol. The molecule has 298 valence electrons. The van der Waals surface area contributed by atoms with Gasteiger partial charge in [-0.15, -0.1) is 0 Å². The fraction of sp³-hybridized carbons (Fsp3) is 0.625. The van der Waals surface area contributed by atoms with Crippen LogP contribution < -0.4 is 0 Å². The summed E-state index contributed by atoms with van der Waals surface area (Å²) in [6.07, 6.45) is 40.4. The zero-order chi connectivity index (χ0) is 35.7. The maximum atomic E-state index is 5.59. The molecule has 2 spiro atoms. The number of rotatable bonds is 4. The van der Waals surface area contributed by atoms with Crippen molar-refractivity contribution in [2.24, 2.45) is 16.7 Å². The number of fused-ring (bicyclic) bond motifs is 6. The molecule has 0 aromatic carbocycles. The lowest BCUT2D eigenvalue weighted by atomic mass is 9.59. The summed E-state index contributed by atoms with van der Waals surface area (Å²) in [5, 5.41) is 0. The highest BCUT2D eigenvalue weighted by molar-refractivity contribution is 5.82. The van der Waals surface area contributed by atoms with Crippen LogP contribution in [-0.2, 0) is 22.3 Å². The van der Waals surface area contributed by atoms with Crippen LogP contribution in [0.15, 0.2) is 48.6 Å². The topological polar surface area (TPSA) is 78.8 Å². The van der Waals surface area contributed by atoms with Gasteiger partial charge in [-0.3, -0.25) is 18.8 Å². The zero-order valence-corrected chi connectivity index (χ0v) is 32.0. The molecule has 0 unspecified atom stereocenters. The fourth-order valence-electron chi connectivity index (χ4n) is 11.7. The maximum Gasteiger partial charge on any atom is 0.156 e. The Labute approximate surface area is 334 Å². The van der Waals surface area contributed by atoms with Crippen LogP contribution in [0.2, 0.25) is 0 Å². The molecule has 5 fully saturated rings. The Bertz CT molecular complexity index is 2150. The summed E-state index contributed by atoms with van der Waals surface area (Å²) in [4.78, 5) is 19.6. The Morgan fingerprint density at radius 3 is 1.66 bits per heavy atom. The zero-order valence-electron chi connectivity index (χ0n) is 32.0. The van der Waals surface area contributed by atoms with Crippen LogP contribution >= 0.6 is 0 Å². The van der Waals surface area contributed by atoms with E-state index in [0.29, 0.717) is 23.2 Å². The highest BCUT2D eigenvalue weighted by Crippen LogP contribution is 2.55. The number of hydrogen-bond acceptors (Lipinski definition) is 6. The lowest BCUT2D eigenvalue weighted by Gasteiger charge is -2.46. The molecule has 0 bridgehead atoms. The Hall–Kier alpha value is -3.62. The van der Waals surface area contributed by atoms with Crippen molar-refractivity contribution in [3.05, 3.63) is 82.8 Å². The summed E-state index contributed by atoms with van der Waals surface area (Å²) in [6.45, 7) is 3.32. The second kappa shape index (κ2) is 15.3. The van der Waals surface area contributed by atoms with Crippen molar-refractivity contribution in [1.29, 1.82) is 0 Å². The van der Waals surface area contributed by atoms with E-state index >= 15 is 0 Å². The minimum Gasteiger partial charge on any atom is -0.381 e. The lowest BCUT2D eigenvalue weighted by molar-refractivity contribution is 0.0688. The van der Waals surface area contributed by atoms with Gasteiger partial charge in [0.25, 0.3) is 0 Å². The summed E-state index contributed by atoms with van der Waals surface area (Å²) in [6, 6.07) is 0. The second-order valence-corrected chi connectivity index (χ2v) is 18.3. The highest BCUT2D eigenvalue weighted by Gasteiger charge is 2.42. The Morgan fingerprint density at radius 1 is 0.571 bits per heavy atom. The van der Waals surface area contributed by atoms with E-state index in [1.807, 2.05) is 12.4 Å². The van der Waals surface area contributed by atoms with Gasteiger partial charge in [-0.25, -0.2) is 9.97 Å². The predicted octanol–water partition coefficient (Wildman–Crippen LogP) is 11.0. The highest BCUT2D eigenvalue weighted by atomic mass is 16.5. The summed E-state index contributed by atoms with van der Waals surface area (Å²) >= 11 is 0. The standard InChI is InChI=1S/C23H29N3O.C23H27N3O.2CH4/c2*1-8-23(9-1)10-4-17(5-11-23)20-15-26-21(25-20)14-24-19-3-2-18(22(19)26)16-6-12-27-13-7-16;;/h2,14-17H,1,3-13H2;2,6,14-15,17H,1,3-5,7-13H2;2*1H4. The largest absolute Gasteiger partial charge is 0.381 e. The van der Waals surface area contributed by atoms with Gasteiger partial charge in [0.15, 0.2) is 11.3 Å². The first-order valence-corrected chi connectivity index (χ1v) is 21.6. The lowest BCUT2D eigenvalue weighted by Crippen LogP contribution is -2.33. The monoisotopic (exact) mass is 757 g/mol. The molecule has 4 aromatic rings. The Balaban J connectivity index is 0.000000141. The van der Waals surface area contributed by atoms with Crippen LogP contribution in [-0.4, -0.2) is 55.2 Å². The molecular formula is C48H64N6O2. The third kappa shape index (κ3) is 6.60. The molecule has 4 aromatic heterocycles. The number of allylic oxidation sites excluding steroid dienone is 4. The minimum atomic E-state index is 0. The van der Waals surface area contributed by atoms with E-state index < -0.39 is 0 Å². The van der Waals surface area contributed by atoms with E-state index in [-0.39, 0.29) is 14.9 Å². The smallest absolute Gasteiger partial charge is 0.156 e. The molecule has 0 radical (unpaired) electrons. The molecule has 56 heavy (non-hydrogen) atoms. The molecule has 6 aliphatic carbocycles. The second-order valence-electron chi connectivity index (χ2n) is 18.3. The van der Waals surface area contributed by atoms with E-state index in [9.17, 15) is 0 Å². The molecule has 4 saturated carbocycles. The van der Waals surface area contributed by atoms with Crippen molar-refractivity contribution in [2.45, 2.75) is 149 Å². The van der Waals surface area contributed by atoms with Crippen LogP contribution in [0.3, 0.4) is 0 Å². The Kier molecular flexibility index (Phi) is 10.3. The van der Waals surface area contributed by atoms with Crippen molar-refractivity contribution in [1.82, 2.24) is 28.7 Å². The van der Waals surface area contributed by atoms with Crippen LogP contribution in [0.4, 0.5) is 0 Å². The average Bonchev–Trinajstić information content (AvgIpc) is 4.01. The third-order valence-electron chi connectivity index (χ3n) is 15.5. The number of nitrogens with zero attached hydrogens (tertiary/aromatic N) is 6. The van der Waals surface area contributed by atoms with Gasteiger partial charge in [0.1, 0.15) is 0 Å². The van der Waals surface area contributed by atoms with Crippen molar-refractivity contribution in [3.8, 4) is 0 Å². The van der Waals surface area contributed by atoms with Crippen molar-refractivity contribution < 1.29 is 9.47 Å². The summed E-state index contributed by atoms with van der Waals surface area (Å²) in [7, 11) is 0. The molecule has 1 saturated heterocycles. The van der Waals surface area contributed by atoms with Gasteiger partial charge < -0.3 is 9.47 Å². The minimum absolute atomic E-state index is 0. The molecule has 0 amide bonds. The summed E-state index contributed by atoms with van der Waals surface area (Å²) < 4.78 is 15.8. The number of ether oxygens (including phenoxy) is 2. The normalized spacial score (nSPS) is 25.1. The number of hydrogen-bond donors (Lipinski definition) is 0. The van der Waals surface area contributed by atoms with Gasteiger partial charge >= 0.3 is 0 Å². The Morgan fingerprint density at radius 2 is 1.12 bits per heavy atom. The molecule has 12 rings (SSSR count). The predicted molar refractivity (Wildman–Crippen MR) is 225 cm³/mol. The molecule has 0 atom stereocenters. The van der Waals surface area contributed by atoms with Crippen LogP contribution in [0.25, 0.3) is 22.4 Å². The molecule has 8 heteroatoms. The van der Waals surface area contributed by atoms with Gasteiger partial charge in [-0.2, -0.15) is 0 Å². The van der Waals surface area contributed by atoms with E-state index in [0.717, 1.165) is 75.2 Å². The summed E-state index contributed by atoms with van der Waals surface area (Å²) in [5.74, 6) is 1.89. The molecule has 6 heterocycles. The van der Waals surface area contributed by atoms with E-state index in [2.05, 4.69) is 39.4 Å². The summed E-state index contributed by atoms with van der Waals surface area (Å²) in [5.41, 5.74) is 15.3. The van der Waals surface area contributed by atoms with Crippen molar-refractivity contribution in [3.63, 3.8) is 0 Å². The molecule has 8 nitrogen and oxygen atoms in total. The van der Waals surface area contributed by atoms with E-state index in [1.54, 1.807) is 0 Å². The van der Waals surface area contributed by atoms with Gasteiger partial charge in [-0.05, 0) is 130 Å². The van der Waals surface area contributed by atoms with Crippen LogP contribution in [0.5, 0.6) is 0 Å². The SMILES string of the molecule is C.C.C1=C(C2=CCc3ncc4nc(C5CCC6(CCC6)CC5)cn4c32)CCOC1.C1=C(C2CCOCC2)c2c(ncc3nc(C4CCC5(CCC5)CC4)cn23)C1. The first kappa shape index (κ1) is 37.9. The van der Waals surface area contributed by atoms with Gasteiger partial charge in [0, 0.05) is 50.3 Å². The van der Waals surface area contributed by atoms with E-state index in [4.69, 9.17) is 29.4 Å². The molecule has 8 aliphatic rings. The fourth-order valence-corrected chi connectivity index (χ4v) is 11.7. The van der Waals surface area contributed by atoms with Gasteiger partial charge in [-0.1, -0.05) is 45.9 Å². The van der Waals surface area contributed by atoms with Gasteiger partial charge in [0.2, 0.25) is 0 Å². The van der Waals surface area contributed by atoms with Crippen LogP contribution in [0.1, 0.15) is 170 Å². The van der Waals surface area contributed by atoms with Crippen molar-refractivity contribution in [2.75, 3.05) is 26.4 Å². The molecule has 2 aliphatic heterocycles. The van der Waals surface area contributed by atoms with Crippen molar-refractivity contribution >= 4 is 22.4 Å². The number of aromatic nitrogens is 6. The van der Waals surface area contributed by atoms with Crippen LogP contribution in [0, 0.1) is 16.7 Å². The maximum absolute atomic E-state index is 5.59.